The first kappa shape index (κ1) is 34.1. The lowest BCUT2D eigenvalue weighted by molar-refractivity contribution is 0.591. The topological polar surface area (TPSA) is 13.1 Å². The van der Waals surface area contributed by atoms with Gasteiger partial charge in [-0.15, -0.1) is 11.3 Å². The quantitative estimate of drug-likeness (QED) is 0.151. The molecule has 0 saturated carbocycles. The van der Waals surface area contributed by atoms with Crippen LogP contribution in [0.1, 0.15) is 52.7 Å². The van der Waals surface area contributed by atoms with Gasteiger partial charge in [0, 0.05) is 81.2 Å². The standard InChI is InChI=1S/C56H41B2N3S/c1-55(2,3)30-24-35-36-25-31(56(4,5)6)27-40-51(36)61-50(35)39(26-30)57-38-20-12-14-22-43(38)59(32-16-8-7-9-17-32)44-29-45-49(53(61)48(44)57)58(40)41-28-37-33-18-11-15-23-46(33)62-54(37)47-34-19-10-13-21-42(34)60(45)52(41)47/h7-29H,1-6H3. The fraction of sp³-hybridized carbons (Fsp3) is 0.143. The molecular weight excluding hydrogens is 768 g/mol. The summed E-state index contributed by atoms with van der Waals surface area (Å²) in [5.41, 5.74) is 23.1. The molecule has 11 aromatic rings. The normalized spacial score (nSPS) is 14.5. The highest BCUT2D eigenvalue weighted by atomic mass is 32.1. The van der Waals surface area contributed by atoms with Crippen molar-refractivity contribution in [2.45, 2.75) is 52.4 Å². The molecule has 292 valence electrons. The number of rotatable bonds is 1. The van der Waals surface area contributed by atoms with E-state index >= 15 is 0 Å². The van der Waals surface area contributed by atoms with Crippen molar-refractivity contribution in [2.75, 3.05) is 4.90 Å². The lowest BCUT2D eigenvalue weighted by atomic mass is 9.29. The molecule has 0 atom stereocenters. The first-order valence-corrected chi connectivity index (χ1v) is 23.1. The van der Waals surface area contributed by atoms with Gasteiger partial charge >= 0.3 is 0 Å². The Labute approximate surface area is 365 Å². The van der Waals surface area contributed by atoms with Gasteiger partial charge in [-0.05, 0) is 103 Å². The van der Waals surface area contributed by atoms with Crippen molar-refractivity contribution in [3.8, 4) is 11.4 Å². The number of aromatic nitrogens is 2. The molecule has 15 rings (SSSR count). The Morgan fingerprint density at radius 3 is 1.77 bits per heavy atom. The van der Waals surface area contributed by atoms with Crippen molar-refractivity contribution in [2.24, 2.45) is 0 Å². The van der Waals surface area contributed by atoms with E-state index in [2.05, 4.69) is 195 Å². The van der Waals surface area contributed by atoms with Crippen LogP contribution in [0.15, 0.2) is 140 Å². The molecule has 4 aliphatic rings. The first-order valence-electron chi connectivity index (χ1n) is 22.3. The summed E-state index contributed by atoms with van der Waals surface area (Å²) in [4.78, 5) is 2.58. The number of fused-ring (bicyclic) bond motifs is 14. The number of hydrogen-bond donors (Lipinski definition) is 0. The van der Waals surface area contributed by atoms with E-state index in [4.69, 9.17) is 0 Å². The minimum Gasteiger partial charge on any atom is -0.311 e. The van der Waals surface area contributed by atoms with Crippen molar-refractivity contribution in [3.63, 3.8) is 0 Å². The average molecular weight is 810 g/mol. The van der Waals surface area contributed by atoms with Crippen molar-refractivity contribution < 1.29 is 0 Å². The molecule has 0 bridgehead atoms. The van der Waals surface area contributed by atoms with Gasteiger partial charge in [0.05, 0.1) is 11.0 Å². The van der Waals surface area contributed by atoms with Crippen LogP contribution in [0, 0.1) is 0 Å². The molecule has 0 unspecified atom stereocenters. The zero-order valence-electron chi connectivity index (χ0n) is 35.7. The Morgan fingerprint density at radius 1 is 0.452 bits per heavy atom. The maximum absolute atomic E-state index is 2.77. The summed E-state index contributed by atoms with van der Waals surface area (Å²) in [6.45, 7) is 14.4. The van der Waals surface area contributed by atoms with E-state index in [1.807, 2.05) is 11.3 Å². The van der Waals surface area contributed by atoms with Crippen LogP contribution in [-0.4, -0.2) is 22.6 Å². The number of anilines is 3. The Balaban J connectivity index is 1.24. The molecule has 0 spiro atoms. The van der Waals surface area contributed by atoms with Crippen LogP contribution in [0.25, 0.3) is 75.2 Å². The molecule has 0 fully saturated rings. The third kappa shape index (κ3) is 3.90. The van der Waals surface area contributed by atoms with E-state index in [1.165, 1.54) is 136 Å². The molecule has 4 aliphatic heterocycles. The van der Waals surface area contributed by atoms with E-state index in [0.717, 1.165) is 0 Å². The highest BCUT2D eigenvalue weighted by molar-refractivity contribution is 7.27. The first-order chi connectivity index (χ1) is 30.1. The average Bonchev–Trinajstić information content (AvgIpc) is 3.93. The Morgan fingerprint density at radius 2 is 1.05 bits per heavy atom. The molecule has 3 nitrogen and oxygen atoms in total. The van der Waals surface area contributed by atoms with Crippen molar-refractivity contribution in [1.82, 2.24) is 9.13 Å². The summed E-state index contributed by atoms with van der Waals surface area (Å²) >= 11 is 1.96. The van der Waals surface area contributed by atoms with Crippen LogP contribution in [0.5, 0.6) is 0 Å². The summed E-state index contributed by atoms with van der Waals surface area (Å²) in [6, 6.07) is 54.2. The second-order valence-electron chi connectivity index (χ2n) is 20.5. The van der Waals surface area contributed by atoms with Crippen molar-refractivity contribution in [3.05, 3.63) is 151 Å². The van der Waals surface area contributed by atoms with E-state index in [-0.39, 0.29) is 24.3 Å². The molecule has 3 aromatic heterocycles. The predicted molar refractivity (Wildman–Crippen MR) is 269 cm³/mol. The Kier molecular flexibility index (Phi) is 6.02. The largest absolute Gasteiger partial charge is 0.311 e. The highest BCUT2D eigenvalue weighted by Gasteiger charge is 2.50. The van der Waals surface area contributed by atoms with Gasteiger partial charge in [0.15, 0.2) is 0 Å². The molecule has 62 heavy (non-hydrogen) atoms. The van der Waals surface area contributed by atoms with Gasteiger partial charge in [-0.2, -0.15) is 0 Å². The summed E-state index contributed by atoms with van der Waals surface area (Å²) in [6.07, 6.45) is 0. The second kappa shape index (κ2) is 10.9. The second-order valence-corrected chi connectivity index (χ2v) is 21.5. The summed E-state index contributed by atoms with van der Waals surface area (Å²) in [7, 11) is 0. The van der Waals surface area contributed by atoms with Gasteiger partial charge in [0.2, 0.25) is 0 Å². The van der Waals surface area contributed by atoms with E-state index in [1.54, 1.807) is 0 Å². The predicted octanol–water partition coefficient (Wildman–Crippen LogP) is 10.6. The monoisotopic (exact) mass is 809 g/mol. The van der Waals surface area contributed by atoms with Crippen LogP contribution in [0.3, 0.4) is 0 Å². The fourth-order valence-electron chi connectivity index (χ4n) is 12.4. The van der Waals surface area contributed by atoms with Crippen LogP contribution < -0.4 is 37.7 Å². The number of hydrogen-bond acceptors (Lipinski definition) is 2. The fourth-order valence-corrected chi connectivity index (χ4v) is 13.7. The van der Waals surface area contributed by atoms with Gasteiger partial charge in [-0.1, -0.05) is 133 Å². The lowest BCUT2D eigenvalue weighted by Crippen LogP contribution is -2.67. The molecule has 7 heterocycles. The van der Waals surface area contributed by atoms with Gasteiger partial charge in [0.25, 0.3) is 13.4 Å². The molecule has 0 aliphatic carbocycles. The number of para-hydroxylation sites is 3. The Hall–Kier alpha value is -6.49. The smallest absolute Gasteiger partial charge is 0.252 e. The molecule has 0 amide bonds. The van der Waals surface area contributed by atoms with Crippen molar-refractivity contribution >= 4 is 138 Å². The van der Waals surface area contributed by atoms with Gasteiger partial charge in [0.1, 0.15) is 0 Å². The van der Waals surface area contributed by atoms with Crippen molar-refractivity contribution in [1.29, 1.82) is 0 Å². The van der Waals surface area contributed by atoms with E-state index in [0.29, 0.717) is 0 Å². The van der Waals surface area contributed by atoms with Crippen LogP contribution in [-0.2, 0) is 10.8 Å². The van der Waals surface area contributed by atoms with E-state index in [9.17, 15) is 0 Å². The molecule has 6 heteroatoms. The summed E-state index contributed by atoms with van der Waals surface area (Å²) in [5, 5.41) is 8.22. The number of nitrogens with zero attached hydrogens (tertiary/aromatic N) is 3. The minimum absolute atomic E-state index is 0.0352. The zero-order valence-corrected chi connectivity index (χ0v) is 36.5. The highest BCUT2D eigenvalue weighted by Crippen LogP contribution is 2.49. The lowest BCUT2D eigenvalue weighted by Gasteiger charge is -2.44. The van der Waals surface area contributed by atoms with Gasteiger partial charge in [-0.25, -0.2) is 0 Å². The third-order valence-corrected chi connectivity index (χ3v) is 16.3. The molecule has 0 saturated heterocycles. The summed E-state index contributed by atoms with van der Waals surface area (Å²) < 4.78 is 8.19. The summed E-state index contributed by atoms with van der Waals surface area (Å²) in [5.74, 6) is 0. The number of benzene rings is 8. The molecule has 0 radical (unpaired) electrons. The zero-order chi connectivity index (χ0) is 41.3. The van der Waals surface area contributed by atoms with Crippen LogP contribution in [0.4, 0.5) is 17.1 Å². The Bertz CT molecular complexity index is 3910. The maximum Gasteiger partial charge on any atom is 0.252 e. The van der Waals surface area contributed by atoms with Crippen LogP contribution >= 0.6 is 11.3 Å². The maximum atomic E-state index is 2.77. The third-order valence-electron chi connectivity index (χ3n) is 15.1. The molecular formula is C56H41B2N3S. The van der Waals surface area contributed by atoms with E-state index < -0.39 is 0 Å². The van der Waals surface area contributed by atoms with Crippen LogP contribution in [0.2, 0.25) is 0 Å². The van der Waals surface area contributed by atoms with Gasteiger partial charge in [-0.3, -0.25) is 0 Å². The minimum atomic E-state index is -0.0468. The van der Waals surface area contributed by atoms with Gasteiger partial charge < -0.3 is 14.0 Å². The molecule has 0 N–H and O–H groups in total. The SMILES string of the molecule is CC(C)(C)c1cc2c3c(c1)c1cc(C(C)(C)C)cc4c1n3-c1c3c(cc5c1B4c1cc4c6ccccc6sc4c4c6ccccc6n-5c14)N(c1ccccc1)c1ccccc1B32. The number of thiophene rings is 1. The molecule has 8 aromatic carbocycles.